The average molecular weight is 310 g/mol. The van der Waals surface area contributed by atoms with Gasteiger partial charge in [0.25, 0.3) is 0 Å². The van der Waals surface area contributed by atoms with Crippen molar-refractivity contribution in [3.05, 3.63) is 71.8 Å². The molecule has 0 bridgehead atoms. The number of carbonyl (C=O) groups excluding carboxylic acids is 3. The summed E-state index contributed by atoms with van der Waals surface area (Å²) in [6.45, 7) is 1.44. The topological polar surface area (TPSA) is 60.4 Å². The summed E-state index contributed by atoms with van der Waals surface area (Å²) >= 11 is 0. The molecule has 0 aliphatic carbocycles. The maximum absolute atomic E-state index is 12.5. The maximum Gasteiger partial charge on any atom is 0.317 e. The van der Waals surface area contributed by atoms with Gasteiger partial charge in [-0.2, -0.15) is 0 Å². The molecule has 23 heavy (non-hydrogen) atoms. The highest BCUT2D eigenvalue weighted by Crippen LogP contribution is 2.16. The first-order valence-electron chi connectivity index (χ1n) is 7.37. The van der Waals surface area contributed by atoms with Crippen molar-refractivity contribution in [2.45, 2.75) is 20.0 Å². The van der Waals surface area contributed by atoms with E-state index in [1.165, 1.54) is 6.92 Å². The Hall–Kier alpha value is -2.75. The molecule has 0 saturated heterocycles. The Labute approximate surface area is 135 Å². The normalized spacial score (nSPS) is 11.5. The second-order valence-corrected chi connectivity index (χ2v) is 5.28. The van der Waals surface area contributed by atoms with Crippen LogP contribution >= 0.6 is 0 Å². The number of ketones is 2. The summed E-state index contributed by atoms with van der Waals surface area (Å²) in [6.07, 6.45) is -0.151. The molecule has 0 fully saturated rings. The van der Waals surface area contributed by atoms with Gasteiger partial charge < -0.3 is 4.74 Å². The summed E-state index contributed by atoms with van der Waals surface area (Å²) in [5.41, 5.74) is 1.23. The van der Waals surface area contributed by atoms with E-state index in [9.17, 15) is 14.4 Å². The molecule has 0 radical (unpaired) electrons. The molecule has 0 N–H and O–H groups in total. The smallest absolute Gasteiger partial charge is 0.317 e. The highest BCUT2D eigenvalue weighted by atomic mass is 16.5. The first kappa shape index (κ1) is 16.6. The molecule has 2 aromatic carbocycles. The molecule has 118 valence electrons. The molecule has 2 aromatic rings. The zero-order valence-electron chi connectivity index (χ0n) is 12.9. The van der Waals surface area contributed by atoms with Crippen molar-refractivity contribution in [1.29, 1.82) is 0 Å². The van der Waals surface area contributed by atoms with Gasteiger partial charge >= 0.3 is 5.97 Å². The quantitative estimate of drug-likeness (QED) is 0.447. The van der Waals surface area contributed by atoms with Crippen LogP contribution in [0.4, 0.5) is 0 Å². The van der Waals surface area contributed by atoms with Crippen molar-refractivity contribution in [2.24, 2.45) is 5.92 Å². The lowest BCUT2D eigenvalue weighted by atomic mass is 9.93. The zero-order valence-corrected chi connectivity index (χ0v) is 12.9. The van der Waals surface area contributed by atoms with E-state index < -0.39 is 11.9 Å². The number of esters is 1. The van der Waals surface area contributed by atoms with Gasteiger partial charge in [0, 0.05) is 12.0 Å². The third-order valence-electron chi connectivity index (χ3n) is 3.37. The largest absolute Gasteiger partial charge is 0.460 e. The zero-order chi connectivity index (χ0) is 16.7. The minimum atomic E-state index is -1.10. The Kier molecular flexibility index (Phi) is 5.80. The van der Waals surface area contributed by atoms with E-state index in [0.717, 1.165) is 5.56 Å². The van der Waals surface area contributed by atoms with E-state index in [4.69, 9.17) is 4.74 Å². The van der Waals surface area contributed by atoms with Crippen LogP contribution < -0.4 is 0 Å². The third-order valence-corrected chi connectivity index (χ3v) is 3.37. The van der Waals surface area contributed by atoms with E-state index in [-0.39, 0.29) is 24.6 Å². The number of hydrogen-bond acceptors (Lipinski definition) is 4. The second-order valence-electron chi connectivity index (χ2n) is 5.28. The molecule has 1 atom stereocenters. The van der Waals surface area contributed by atoms with Crippen molar-refractivity contribution in [2.75, 3.05) is 0 Å². The number of rotatable bonds is 7. The fraction of sp³-hybridized carbons (Fsp3) is 0.211. The standard InChI is InChI=1S/C19H18O4/c1-14(20)12-17(18(21)16-10-6-3-7-11-16)19(22)23-13-15-8-4-2-5-9-15/h2-11,17H,12-13H2,1H3. The highest BCUT2D eigenvalue weighted by molar-refractivity contribution is 6.10. The van der Waals surface area contributed by atoms with Gasteiger partial charge in [0.2, 0.25) is 0 Å². The van der Waals surface area contributed by atoms with Crippen LogP contribution in [0.1, 0.15) is 29.3 Å². The molecular weight excluding hydrogens is 292 g/mol. The first-order valence-corrected chi connectivity index (χ1v) is 7.37. The Bertz CT molecular complexity index is 677. The van der Waals surface area contributed by atoms with Crippen molar-refractivity contribution in [3.63, 3.8) is 0 Å². The van der Waals surface area contributed by atoms with Crippen LogP contribution in [0.15, 0.2) is 60.7 Å². The van der Waals surface area contributed by atoms with E-state index in [1.807, 2.05) is 30.3 Å². The Morgan fingerprint density at radius 1 is 0.913 bits per heavy atom. The number of hydrogen-bond donors (Lipinski definition) is 0. The molecule has 0 heterocycles. The SMILES string of the molecule is CC(=O)CC(C(=O)OCc1ccccc1)C(=O)c1ccccc1. The van der Waals surface area contributed by atoms with Crippen LogP contribution in [0, 0.1) is 5.92 Å². The van der Waals surface area contributed by atoms with E-state index in [1.54, 1.807) is 30.3 Å². The highest BCUT2D eigenvalue weighted by Gasteiger charge is 2.30. The van der Waals surface area contributed by atoms with Gasteiger partial charge in [-0.1, -0.05) is 60.7 Å². The van der Waals surface area contributed by atoms with Crippen molar-refractivity contribution in [3.8, 4) is 0 Å². The van der Waals surface area contributed by atoms with Crippen LogP contribution in [0.25, 0.3) is 0 Å². The van der Waals surface area contributed by atoms with Crippen LogP contribution in [-0.2, 0) is 20.9 Å². The average Bonchev–Trinajstić information content (AvgIpc) is 2.58. The molecule has 0 aromatic heterocycles. The van der Waals surface area contributed by atoms with E-state index in [0.29, 0.717) is 5.56 Å². The monoisotopic (exact) mass is 310 g/mol. The fourth-order valence-electron chi connectivity index (χ4n) is 2.20. The molecular formula is C19H18O4. The molecule has 0 amide bonds. The van der Waals surface area contributed by atoms with Crippen LogP contribution in [0.3, 0.4) is 0 Å². The van der Waals surface area contributed by atoms with Gasteiger partial charge in [0.1, 0.15) is 18.3 Å². The molecule has 0 aliphatic rings. The van der Waals surface area contributed by atoms with Gasteiger partial charge in [-0.15, -0.1) is 0 Å². The van der Waals surface area contributed by atoms with Crippen LogP contribution in [-0.4, -0.2) is 17.5 Å². The van der Waals surface area contributed by atoms with Crippen LogP contribution in [0.2, 0.25) is 0 Å². The van der Waals surface area contributed by atoms with Crippen LogP contribution in [0.5, 0.6) is 0 Å². The number of carbonyl (C=O) groups is 3. The van der Waals surface area contributed by atoms with Crippen molar-refractivity contribution in [1.82, 2.24) is 0 Å². The lowest BCUT2D eigenvalue weighted by molar-refractivity contribution is -0.149. The maximum atomic E-state index is 12.5. The molecule has 0 saturated carbocycles. The van der Waals surface area contributed by atoms with Gasteiger partial charge in [-0.3, -0.25) is 14.4 Å². The summed E-state index contributed by atoms with van der Waals surface area (Å²) in [7, 11) is 0. The lowest BCUT2D eigenvalue weighted by Crippen LogP contribution is -2.28. The summed E-state index contributed by atoms with van der Waals surface area (Å²) in [5, 5.41) is 0. The minimum Gasteiger partial charge on any atom is -0.460 e. The third kappa shape index (κ3) is 4.88. The number of Topliss-reactive ketones (excluding diaryl/α,β-unsaturated/α-hetero) is 2. The van der Waals surface area contributed by atoms with Gasteiger partial charge in [0.05, 0.1) is 0 Å². The Balaban J connectivity index is 2.09. The fourth-order valence-corrected chi connectivity index (χ4v) is 2.20. The minimum absolute atomic E-state index is 0.0795. The van der Waals surface area contributed by atoms with Gasteiger partial charge in [0.15, 0.2) is 5.78 Å². The predicted molar refractivity (Wildman–Crippen MR) is 85.8 cm³/mol. The number of benzene rings is 2. The Morgan fingerprint density at radius 3 is 2.04 bits per heavy atom. The van der Waals surface area contributed by atoms with E-state index >= 15 is 0 Å². The summed E-state index contributed by atoms with van der Waals surface area (Å²) in [5.74, 6) is -2.38. The Morgan fingerprint density at radius 2 is 1.48 bits per heavy atom. The first-order chi connectivity index (χ1) is 11.1. The predicted octanol–water partition coefficient (Wildman–Crippen LogP) is 3.21. The molecule has 1 unspecified atom stereocenters. The summed E-state index contributed by atoms with van der Waals surface area (Å²) in [4.78, 5) is 36.2. The van der Waals surface area contributed by atoms with Gasteiger partial charge in [-0.05, 0) is 12.5 Å². The second kappa shape index (κ2) is 8.03. The summed E-state index contributed by atoms with van der Waals surface area (Å²) < 4.78 is 5.22. The molecule has 4 heteroatoms. The lowest BCUT2D eigenvalue weighted by Gasteiger charge is -2.14. The van der Waals surface area contributed by atoms with E-state index in [2.05, 4.69) is 0 Å². The molecule has 0 spiro atoms. The molecule has 4 nitrogen and oxygen atoms in total. The molecule has 2 rings (SSSR count). The van der Waals surface area contributed by atoms with Gasteiger partial charge in [-0.25, -0.2) is 0 Å². The molecule has 0 aliphatic heterocycles. The van der Waals surface area contributed by atoms with Crippen molar-refractivity contribution >= 4 is 17.5 Å². The summed E-state index contributed by atoms with van der Waals surface area (Å²) in [6, 6.07) is 17.7. The van der Waals surface area contributed by atoms with Crippen molar-refractivity contribution < 1.29 is 19.1 Å². The number of ether oxygens (including phenoxy) is 1.